The van der Waals surface area contributed by atoms with Gasteiger partial charge >= 0.3 is 0 Å². The first-order valence-electron chi connectivity index (χ1n) is 6.17. The van der Waals surface area contributed by atoms with Crippen molar-refractivity contribution in [1.29, 1.82) is 10.5 Å². The van der Waals surface area contributed by atoms with Gasteiger partial charge in [-0.2, -0.15) is 10.5 Å². The zero-order valence-corrected chi connectivity index (χ0v) is 10.8. The quantitative estimate of drug-likeness (QED) is 0.884. The maximum Gasteiger partial charge on any atom is 0.0991 e. The fraction of sp³-hybridized carbons (Fsp3) is 0.125. The van der Waals surface area contributed by atoms with Crippen molar-refractivity contribution in [3.05, 3.63) is 70.8 Å². The van der Waals surface area contributed by atoms with Gasteiger partial charge in [0, 0.05) is 12.1 Å². The first kappa shape index (κ1) is 13.8. The maximum atomic E-state index is 8.77. The molecule has 4 N–H and O–H groups in total. The summed E-state index contributed by atoms with van der Waals surface area (Å²) in [7, 11) is 0. The van der Waals surface area contributed by atoms with Crippen LogP contribution in [-0.4, -0.2) is 0 Å². The Kier molecular flexibility index (Phi) is 4.12. The minimum atomic E-state index is -0.365. The van der Waals surface area contributed by atoms with Crippen molar-refractivity contribution in [2.75, 3.05) is 0 Å². The minimum Gasteiger partial charge on any atom is -0.322 e. The summed E-state index contributed by atoms with van der Waals surface area (Å²) in [6.07, 6.45) is 0. The van der Waals surface area contributed by atoms with Gasteiger partial charge in [-0.3, -0.25) is 0 Å². The molecule has 4 nitrogen and oxygen atoms in total. The number of nitrogens with zero attached hydrogens (tertiary/aromatic N) is 2. The van der Waals surface area contributed by atoms with E-state index in [2.05, 4.69) is 12.1 Å². The molecule has 0 aromatic heterocycles. The zero-order chi connectivity index (χ0) is 14.5. The molecule has 0 heterocycles. The molecule has 0 aliphatic rings. The third kappa shape index (κ3) is 2.84. The van der Waals surface area contributed by atoms with E-state index in [0.29, 0.717) is 11.1 Å². The number of hydrogen-bond acceptors (Lipinski definition) is 4. The van der Waals surface area contributed by atoms with Gasteiger partial charge in [-0.25, -0.2) is 0 Å². The smallest absolute Gasteiger partial charge is 0.0991 e. The van der Waals surface area contributed by atoms with E-state index < -0.39 is 0 Å². The summed E-state index contributed by atoms with van der Waals surface area (Å²) in [6, 6.07) is 17.5. The van der Waals surface area contributed by atoms with Crippen LogP contribution in [0.1, 0.15) is 34.3 Å². The predicted molar refractivity (Wildman–Crippen MR) is 76.2 cm³/mol. The minimum absolute atomic E-state index is 0.365. The molecule has 20 heavy (non-hydrogen) atoms. The molecule has 0 aliphatic carbocycles. The fourth-order valence-electron chi connectivity index (χ4n) is 1.97. The van der Waals surface area contributed by atoms with Gasteiger partial charge in [-0.15, -0.1) is 0 Å². The molecule has 2 atom stereocenters. The zero-order valence-electron chi connectivity index (χ0n) is 10.8. The van der Waals surface area contributed by atoms with Crippen LogP contribution in [0.2, 0.25) is 0 Å². The van der Waals surface area contributed by atoms with Crippen molar-refractivity contribution in [2.24, 2.45) is 11.5 Å². The second kappa shape index (κ2) is 5.99. The molecular weight excluding hydrogens is 248 g/mol. The van der Waals surface area contributed by atoms with Gasteiger partial charge in [0.05, 0.1) is 23.3 Å². The van der Waals surface area contributed by atoms with Crippen molar-refractivity contribution in [3.8, 4) is 12.1 Å². The standard InChI is InChI=1S/C16H14N4/c17-9-11-1-5-13(6-2-11)15(19)16(20)14-7-3-12(10-18)4-8-14/h1-8,15-16H,19-20H2. The van der Waals surface area contributed by atoms with Crippen molar-refractivity contribution < 1.29 is 0 Å². The molecular formula is C16H14N4. The van der Waals surface area contributed by atoms with Gasteiger partial charge in [0.2, 0.25) is 0 Å². The molecule has 0 bridgehead atoms. The molecule has 0 saturated heterocycles. The second-order valence-electron chi connectivity index (χ2n) is 4.52. The summed E-state index contributed by atoms with van der Waals surface area (Å²) in [5.74, 6) is 0. The van der Waals surface area contributed by atoms with Gasteiger partial charge in [-0.1, -0.05) is 24.3 Å². The van der Waals surface area contributed by atoms with Gasteiger partial charge in [0.15, 0.2) is 0 Å². The molecule has 4 heteroatoms. The number of nitriles is 2. The molecule has 0 spiro atoms. The van der Waals surface area contributed by atoms with E-state index in [1.54, 1.807) is 24.3 Å². The summed E-state index contributed by atoms with van der Waals surface area (Å²) >= 11 is 0. The van der Waals surface area contributed by atoms with Gasteiger partial charge in [0.25, 0.3) is 0 Å². The molecule has 2 aromatic rings. The molecule has 0 amide bonds. The average molecular weight is 262 g/mol. The van der Waals surface area contributed by atoms with E-state index in [1.165, 1.54) is 0 Å². The number of benzene rings is 2. The number of hydrogen-bond donors (Lipinski definition) is 2. The molecule has 0 fully saturated rings. The monoisotopic (exact) mass is 262 g/mol. The molecule has 0 aliphatic heterocycles. The molecule has 0 radical (unpaired) electrons. The Balaban J connectivity index is 2.20. The van der Waals surface area contributed by atoms with Crippen LogP contribution < -0.4 is 11.5 Å². The molecule has 2 rings (SSSR count). The van der Waals surface area contributed by atoms with E-state index >= 15 is 0 Å². The Hall–Kier alpha value is -2.66. The molecule has 0 saturated carbocycles. The Morgan fingerprint density at radius 3 is 1.20 bits per heavy atom. The van der Waals surface area contributed by atoms with E-state index in [0.717, 1.165) is 11.1 Å². The highest BCUT2D eigenvalue weighted by atomic mass is 14.8. The lowest BCUT2D eigenvalue weighted by molar-refractivity contribution is 0.574. The largest absolute Gasteiger partial charge is 0.322 e. The van der Waals surface area contributed by atoms with Crippen molar-refractivity contribution in [3.63, 3.8) is 0 Å². The third-order valence-electron chi connectivity index (χ3n) is 3.24. The highest BCUT2D eigenvalue weighted by molar-refractivity contribution is 5.36. The summed E-state index contributed by atoms with van der Waals surface area (Å²) in [4.78, 5) is 0. The van der Waals surface area contributed by atoms with Crippen molar-refractivity contribution in [1.82, 2.24) is 0 Å². The topological polar surface area (TPSA) is 99.6 Å². The van der Waals surface area contributed by atoms with Crippen LogP contribution in [0, 0.1) is 22.7 Å². The fourth-order valence-corrected chi connectivity index (χ4v) is 1.97. The van der Waals surface area contributed by atoms with E-state index in [4.69, 9.17) is 22.0 Å². The van der Waals surface area contributed by atoms with E-state index in [1.807, 2.05) is 24.3 Å². The summed E-state index contributed by atoms with van der Waals surface area (Å²) in [5.41, 5.74) is 15.3. The first-order valence-corrected chi connectivity index (χ1v) is 6.17. The van der Waals surface area contributed by atoms with Crippen molar-refractivity contribution in [2.45, 2.75) is 12.1 Å². The summed E-state index contributed by atoms with van der Waals surface area (Å²) in [6.45, 7) is 0. The van der Waals surface area contributed by atoms with Gasteiger partial charge < -0.3 is 11.5 Å². The SMILES string of the molecule is N#Cc1ccc(C(N)C(N)c2ccc(C#N)cc2)cc1. The lowest BCUT2D eigenvalue weighted by atomic mass is 9.94. The molecule has 2 unspecified atom stereocenters. The van der Waals surface area contributed by atoms with Crippen molar-refractivity contribution >= 4 is 0 Å². The Bertz CT molecular complexity index is 598. The third-order valence-corrected chi connectivity index (χ3v) is 3.24. The van der Waals surface area contributed by atoms with Crippen LogP contribution in [-0.2, 0) is 0 Å². The van der Waals surface area contributed by atoms with E-state index in [9.17, 15) is 0 Å². The Labute approximate surface area is 117 Å². The Morgan fingerprint density at radius 2 is 0.950 bits per heavy atom. The van der Waals surface area contributed by atoms with Crippen LogP contribution in [0.3, 0.4) is 0 Å². The lowest BCUT2D eigenvalue weighted by Crippen LogP contribution is -2.26. The van der Waals surface area contributed by atoms with Crippen LogP contribution in [0.5, 0.6) is 0 Å². The highest BCUT2D eigenvalue weighted by Crippen LogP contribution is 2.25. The summed E-state index contributed by atoms with van der Waals surface area (Å²) in [5, 5.41) is 17.5. The second-order valence-corrected chi connectivity index (χ2v) is 4.52. The van der Waals surface area contributed by atoms with Crippen LogP contribution in [0.15, 0.2) is 48.5 Å². The average Bonchev–Trinajstić information content (AvgIpc) is 2.53. The van der Waals surface area contributed by atoms with Gasteiger partial charge in [0.1, 0.15) is 0 Å². The highest BCUT2D eigenvalue weighted by Gasteiger charge is 2.17. The summed E-state index contributed by atoms with van der Waals surface area (Å²) < 4.78 is 0. The Morgan fingerprint density at radius 1 is 0.650 bits per heavy atom. The molecule has 98 valence electrons. The lowest BCUT2D eigenvalue weighted by Gasteiger charge is -2.20. The van der Waals surface area contributed by atoms with Crippen LogP contribution in [0.4, 0.5) is 0 Å². The van der Waals surface area contributed by atoms with Gasteiger partial charge in [-0.05, 0) is 35.4 Å². The molecule has 2 aromatic carbocycles. The number of rotatable bonds is 3. The van der Waals surface area contributed by atoms with Crippen LogP contribution >= 0.6 is 0 Å². The van der Waals surface area contributed by atoms with E-state index in [-0.39, 0.29) is 12.1 Å². The maximum absolute atomic E-state index is 8.77. The number of nitrogens with two attached hydrogens (primary N) is 2. The normalized spacial score (nSPS) is 13.0. The predicted octanol–water partition coefficient (Wildman–Crippen LogP) is 2.13. The van der Waals surface area contributed by atoms with Crippen LogP contribution in [0.25, 0.3) is 0 Å². The first-order chi connectivity index (χ1) is 9.65.